The van der Waals surface area contributed by atoms with Crippen molar-refractivity contribution in [3.8, 4) is 0 Å². The molecule has 1 fully saturated rings. The van der Waals surface area contributed by atoms with E-state index >= 15 is 0 Å². The molecular formula is C10H16ClN3O2S. The third-order valence-electron chi connectivity index (χ3n) is 2.36. The number of anilines is 1. The van der Waals surface area contributed by atoms with E-state index < -0.39 is 0 Å². The number of carbonyl (C=O) groups excluding carboxylic acids is 1. The van der Waals surface area contributed by atoms with E-state index in [0.29, 0.717) is 12.3 Å². The SMILES string of the molecule is CCOC(=O)c1csc(N2CCNCC2)n1.Cl. The molecule has 0 amide bonds. The number of aromatic nitrogens is 1. The van der Waals surface area contributed by atoms with Crippen LogP contribution in [0, 0.1) is 0 Å². The maximum atomic E-state index is 11.4. The number of piperazine rings is 1. The molecule has 2 heterocycles. The first-order chi connectivity index (χ1) is 7.81. The second-order valence-electron chi connectivity index (χ2n) is 3.47. The number of thiazole rings is 1. The van der Waals surface area contributed by atoms with Crippen LogP contribution in [0.2, 0.25) is 0 Å². The predicted octanol–water partition coefficient (Wildman–Crippen LogP) is 1.15. The van der Waals surface area contributed by atoms with Gasteiger partial charge in [-0.05, 0) is 6.92 Å². The Balaban J connectivity index is 0.00000144. The highest BCUT2D eigenvalue weighted by atomic mass is 35.5. The second kappa shape index (κ2) is 6.78. The quantitative estimate of drug-likeness (QED) is 0.840. The Labute approximate surface area is 111 Å². The molecule has 0 atom stereocenters. The molecule has 17 heavy (non-hydrogen) atoms. The molecule has 0 saturated carbocycles. The Morgan fingerprint density at radius 1 is 1.59 bits per heavy atom. The fourth-order valence-electron chi connectivity index (χ4n) is 1.56. The van der Waals surface area contributed by atoms with Crippen LogP contribution in [0.4, 0.5) is 5.13 Å². The van der Waals surface area contributed by atoms with Crippen molar-refractivity contribution in [2.75, 3.05) is 37.7 Å². The minimum Gasteiger partial charge on any atom is -0.461 e. The van der Waals surface area contributed by atoms with E-state index in [2.05, 4.69) is 15.2 Å². The lowest BCUT2D eigenvalue weighted by atomic mass is 10.4. The number of esters is 1. The summed E-state index contributed by atoms with van der Waals surface area (Å²) in [5.41, 5.74) is 0.417. The van der Waals surface area contributed by atoms with Crippen LogP contribution < -0.4 is 10.2 Å². The Morgan fingerprint density at radius 3 is 2.94 bits per heavy atom. The molecule has 0 aromatic carbocycles. The Hall–Kier alpha value is -0.850. The van der Waals surface area contributed by atoms with Crippen molar-refractivity contribution in [3.63, 3.8) is 0 Å². The Morgan fingerprint density at radius 2 is 2.29 bits per heavy atom. The van der Waals surface area contributed by atoms with E-state index in [9.17, 15) is 4.79 Å². The number of hydrogen-bond acceptors (Lipinski definition) is 6. The van der Waals surface area contributed by atoms with Crippen molar-refractivity contribution in [2.45, 2.75) is 6.92 Å². The van der Waals surface area contributed by atoms with E-state index in [1.807, 2.05) is 0 Å². The maximum absolute atomic E-state index is 11.4. The zero-order chi connectivity index (χ0) is 11.4. The summed E-state index contributed by atoms with van der Waals surface area (Å²) in [6, 6.07) is 0. The fraction of sp³-hybridized carbons (Fsp3) is 0.600. The van der Waals surface area contributed by atoms with E-state index in [-0.39, 0.29) is 18.4 Å². The van der Waals surface area contributed by atoms with Crippen molar-refractivity contribution in [2.24, 2.45) is 0 Å². The summed E-state index contributed by atoms with van der Waals surface area (Å²) in [6.07, 6.45) is 0. The topological polar surface area (TPSA) is 54.5 Å². The molecular weight excluding hydrogens is 262 g/mol. The van der Waals surface area contributed by atoms with Gasteiger partial charge in [0.1, 0.15) is 0 Å². The zero-order valence-electron chi connectivity index (χ0n) is 9.64. The number of nitrogens with zero attached hydrogens (tertiary/aromatic N) is 2. The molecule has 96 valence electrons. The lowest BCUT2D eigenvalue weighted by Crippen LogP contribution is -2.43. The number of carbonyl (C=O) groups is 1. The van der Waals surface area contributed by atoms with Gasteiger partial charge in [-0.25, -0.2) is 9.78 Å². The highest BCUT2D eigenvalue weighted by Gasteiger charge is 2.17. The minimum atomic E-state index is -0.333. The van der Waals surface area contributed by atoms with Crippen molar-refractivity contribution in [1.82, 2.24) is 10.3 Å². The standard InChI is InChI=1S/C10H15N3O2S.ClH/c1-2-15-9(14)8-7-16-10(12-8)13-5-3-11-4-6-13;/h7,11H,2-6H2,1H3;1H. The van der Waals surface area contributed by atoms with E-state index in [4.69, 9.17) is 4.74 Å². The van der Waals surface area contributed by atoms with Crippen LogP contribution in [-0.2, 0) is 4.74 Å². The predicted molar refractivity (Wildman–Crippen MR) is 70.4 cm³/mol. The van der Waals surface area contributed by atoms with Crippen molar-refractivity contribution >= 4 is 34.8 Å². The molecule has 1 N–H and O–H groups in total. The first-order valence-electron chi connectivity index (χ1n) is 5.39. The van der Waals surface area contributed by atoms with Gasteiger partial charge in [-0.3, -0.25) is 0 Å². The molecule has 1 aromatic rings. The van der Waals surface area contributed by atoms with Crippen LogP contribution in [0.25, 0.3) is 0 Å². The fourth-order valence-corrected chi connectivity index (χ4v) is 2.41. The highest BCUT2D eigenvalue weighted by molar-refractivity contribution is 7.13. The van der Waals surface area contributed by atoms with E-state index in [1.165, 1.54) is 11.3 Å². The summed E-state index contributed by atoms with van der Waals surface area (Å²) >= 11 is 1.50. The van der Waals surface area contributed by atoms with Crippen molar-refractivity contribution in [1.29, 1.82) is 0 Å². The van der Waals surface area contributed by atoms with Crippen LogP contribution in [0.3, 0.4) is 0 Å². The molecule has 1 aliphatic heterocycles. The third kappa shape index (κ3) is 3.55. The van der Waals surface area contributed by atoms with Crippen LogP contribution in [0.5, 0.6) is 0 Å². The zero-order valence-corrected chi connectivity index (χ0v) is 11.3. The lowest BCUT2D eigenvalue weighted by Gasteiger charge is -2.26. The summed E-state index contributed by atoms with van der Waals surface area (Å²) in [4.78, 5) is 17.9. The van der Waals surface area contributed by atoms with E-state index in [0.717, 1.165) is 31.3 Å². The Bertz CT molecular complexity index is 366. The minimum absolute atomic E-state index is 0. The number of hydrogen-bond donors (Lipinski definition) is 1. The van der Waals surface area contributed by atoms with Gasteiger partial charge in [0.25, 0.3) is 0 Å². The molecule has 2 rings (SSSR count). The highest BCUT2D eigenvalue weighted by Crippen LogP contribution is 2.21. The molecule has 0 radical (unpaired) electrons. The molecule has 0 aliphatic carbocycles. The van der Waals surface area contributed by atoms with Gasteiger partial charge in [0.15, 0.2) is 10.8 Å². The number of ether oxygens (including phenoxy) is 1. The molecule has 1 aromatic heterocycles. The Kier molecular flexibility index (Phi) is 5.67. The first kappa shape index (κ1) is 14.2. The lowest BCUT2D eigenvalue weighted by molar-refractivity contribution is 0.0520. The van der Waals surface area contributed by atoms with Gasteiger partial charge in [0.2, 0.25) is 0 Å². The van der Waals surface area contributed by atoms with Crippen LogP contribution >= 0.6 is 23.7 Å². The normalized spacial score (nSPS) is 15.2. The van der Waals surface area contributed by atoms with Gasteiger partial charge < -0.3 is 15.0 Å². The molecule has 1 saturated heterocycles. The van der Waals surface area contributed by atoms with Gasteiger partial charge >= 0.3 is 5.97 Å². The number of rotatable bonds is 3. The van der Waals surface area contributed by atoms with Gasteiger partial charge in [0, 0.05) is 31.6 Å². The molecule has 0 bridgehead atoms. The summed E-state index contributed by atoms with van der Waals surface area (Å²) in [6.45, 7) is 6.00. The molecule has 7 heteroatoms. The largest absolute Gasteiger partial charge is 0.461 e. The molecule has 1 aliphatic rings. The van der Waals surface area contributed by atoms with Gasteiger partial charge in [-0.1, -0.05) is 0 Å². The van der Waals surface area contributed by atoms with Crippen LogP contribution in [-0.4, -0.2) is 43.7 Å². The molecule has 5 nitrogen and oxygen atoms in total. The van der Waals surface area contributed by atoms with Gasteiger partial charge in [-0.15, -0.1) is 23.7 Å². The van der Waals surface area contributed by atoms with Gasteiger partial charge in [0.05, 0.1) is 6.61 Å². The summed E-state index contributed by atoms with van der Waals surface area (Å²) < 4.78 is 4.90. The smallest absolute Gasteiger partial charge is 0.357 e. The molecule has 0 unspecified atom stereocenters. The van der Waals surface area contributed by atoms with Crippen molar-refractivity contribution < 1.29 is 9.53 Å². The number of halogens is 1. The maximum Gasteiger partial charge on any atom is 0.357 e. The molecule has 0 spiro atoms. The van der Waals surface area contributed by atoms with Crippen LogP contribution in [0.1, 0.15) is 17.4 Å². The van der Waals surface area contributed by atoms with Crippen LogP contribution in [0.15, 0.2) is 5.38 Å². The van der Waals surface area contributed by atoms with Gasteiger partial charge in [-0.2, -0.15) is 0 Å². The first-order valence-corrected chi connectivity index (χ1v) is 6.27. The average molecular weight is 278 g/mol. The average Bonchev–Trinajstić information content (AvgIpc) is 2.80. The summed E-state index contributed by atoms with van der Waals surface area (Å²) in [5.74, 6) is -0.333. The second-order valence-corrected chi connectivity index (χ2v) is 4.31. The number of nitrogens with one attached hydrogen (secondary N) is 1. The summed E-state index contributed by atoms with van der Waals surface area (Å²) in [7, 11) is 0. The van der Waals surface area contributed by atoms with Crippen molar-refractivity contribution in [3.05, 3.63) is 11.1 Å². The summed E-state index contributed by atoms with van der Waals surface area (Å²) in [5, 5.41) is 5.94. The van der Waals surface area contributed by atoms with E-state index in [1.54, 1.807) is 12.3 Å². The third-order valence-corrected chi connectivity index (χ3v) is 3.27. The monoisotopic (exact) mass is 277 g/mol.